The lowest BCUT2D eigenvalue weighted by atomic mass is 10.1. The number of hydrogen-bond acceptors (Lipinski definition) is 4. The number of Topliss-reactive ketones (excluding diaryl/α,β-unsaturated/α-hetero) is 1. The van der Waals surface area contributed by atoms with Crippen LogP contribution in [-0.2, 0) is 0 Å². The molecule has 2 heterocycles. The van der Waals surface area contributed by atoms with Crippen molar-refractivity contribution in [2.24, 2.45) is 5.92 Å². The van der Waals surface area contributed by atoms with Crippen molar-refractivity contribution in [2.75, 3.05) is 26.2 Å². The smallest absolute Gasteiger partial charge is 0.186 e. The number of likely N-dealkylation sites (tertiary alicyclic amines) is 1. The van der Waals surface area contributed by atoms with Gasteiger partial charge in [0.25, 0.3) is 0 Å². The van der Waals surface area contributed by atoms with Gasteiger partial charge < -0.3 is 5.11 Å². The second kappa shape index (κ2) is 5.76. The molecule has 1 unspecified atom stereocenters. The van der Waals surface area contributed by atoms with E-state index in [1.54, 1.807) is 11.3 Å². The second-order valence-electron chi connectivity index (χ2n) is 4.74. The van der Waals surface area contributed by atoms with Crippen molar-refractivity contribution >= 4 is 17.1 Å². The Labute approximate surface area is 106 Å². The van der Waals surface area contributed by atoms with Gasteiger partial charge in [0, 0.05) is 18.0 Å². The van der Waals surface area contributed by atoms with Crippen molar-refractivity contribution in [2.45, 2.75) is 19.8 Å². The van der Waals surface area contributed by atoms with Crippen LogP contribution in [0, 0.1) is 12.8 Å². The van der Waals surface area contributed by atoms with Crippen LogP contribution in [0.15, 0.2) is 12.1 Å². The standard InChI is InChI=1S/C13H19NO2S/c1-10-2-3-13(17-10)12(16)9-14-6-4-11(8-14)5-7-15/h2-3,11,15H,4-9H2,1H3. The molecule has 1 aliphatic heterocycles. The predicted octanol–water partition coefficient (Wildman–Crippen LogP) is 1.94. The first-order valence-electron chi connectivity index (χ1n) is 6.12. The highest BCUT2D eigenvalue weighted by molar-refractivity contribution is 7.14. The molecular weight excluding hydrogens is 234 g/mol. The number of aliphatic hydroxyl groups excluding tert-OH is 1. The van der Waals surface area contributed by atoms with Crippen molar-refractivity contribution in [1.82, 2.24) is 4.90 Å². The Bertz CT molecular complexity index is 389. The average Bonchev–Trinajstić information content (AvgIpc) is 2.88. The summed E-state index contributed by atoms with van der Waals surface area (Å²) in [5, 5.41) is 8.89. The molecule has 0 aromatic carbocycles. The van der Waals surface area contributed by atoms with E-state index >= 15 is 0 Å². The number of ketones is 1. The zero-order valence-electron chi connectivity index (χ0n) is 10.2. The van der Waals surface area contributed by atoms with Gasteiger partial charge in [0.05, 0.1) is 11.4 Å². The quantitative estimate of drug-likeness (QED) is 0.815. The van der Waals surface area contributed by atoms with Crippen molar-refractivity contribution < 1.29 is 9.90 Å². The number of nitrogens with zero attached hydrogens (tertiary/aromatic N) is 1. The highest BCUT2D eigenvalue weighted by atomic mass is 32.1. The molecule has 0 radical (unpaired) electrons. The minimum atomic E-state index is 0.229. The number of rotatable bonds is 5. The van der Waals surface area contributed by atoms with Gasteiger partial charge in [-0.05, 0) is 44.4 Å². The third kappa shape index (κ3) is 3.37. The molecule has 1 aromatic heterocycles. The predicted molar refractivity (Wildman–Crippen MR) is 69.6 cm³/mol. The fraction of sp³-hybridized carbons (Fsp3) is 0.615. The summed E-state index contributed by atoms with van der Waals surface area (Å²) in [6, 6.07) is 3.92. The van der Waals surface area contributed by atoms with E-state index < -0.39 is 0 Å². The van der Waals surface area contributed by atoms with Gasteiger partial charge in [0.2, 0.25) is 0 Å². The third-order valence-electron chi connectivity index (χ3n) is 3.29. The van der Waals surface area contributed by atoms with Crippen molar-refractivity contribution in [3.63, 3.8) is 0 Å². The molecule has 1 aliphatic rings. The summed E-state index contributed by atoms with van der Waals surface area (Å²) in [6.07, 6.45) is 1.97. The molecule has 1 N–H and O–H groups in total. The van der Waals surface area contributed by atoms with Gasteiger partial charge in [-0.15, -0.1) is 11.3 Å². The number of aryl methyl sites for hydroxylation is 1. The Morgan fingerprint density at radius 3 is 3.06 bits per heavy atom. The molecule has 0 amide bonds. The molecule has 17 heavy (non-hydrogen) atoms. The van der Waals surface area contributed by atoms with Crippen LogP contribution in [0.5, 0.6) is 0 Å². The van der Waals surface area contributed by atoms with Crippen LogP contribution >= 0.6 is 11.3 Å². The maximum atomic E-state index is 12.0. The fourth-order valence-corrected chi connectivity index (χ4v) is 3.14. The molecule has 1 fully saturated rings. The van der Waals surface area contributed by atoms with E-state index in [1.807, 2.05) is 19.1 Å². The number of carbonyl (C=O) groups excluding carboxylic acids is 1. The first kappa shape index (κ1) is 12.7. The molecular formula is C13H19NO2S. The van der Waals surface area contributed by atoms with Crippen LogP contribution < -0.4 is 0 Å². The molecule has 0 aliphatic carbocycles. The molecule has 1 saturated heterocycles. The van der Waals surface area contributed by atoms with Crippen molar-refractivity contribution in [3.05, 3.63) is 21.9 Å². The average molecular weight is 253 g/mol. The monoisotopic (exact) mass is 253 g/mol. The summed E-state index contributed by atoms with van der Waals surface area (Å²) in [4.78, 5) is 16.3. The second-order valence-corrected chi connectivity index (χ2v) is 6.02. The van der Waals surface area contributed by atoms with Crippen LogP contribution in [0.1, 0.15) is 27.4 Å². The van der Waals surface area contributed by atoms with Gasteiger partial charge in [0.15, 0.2) is 5.78 Å². The Kier molecular flexibility index (Phi) is 4.31. The van der Waals surface area contributed by atoms with Crippen molar-refractivity contribution in [1.29, 1.82) is 0 Å². The van der Waals surface area contributed by atoms with E-state index in [0.717, 1.165) is 30.8 Å². The van der Waals surface area contributed by atoms with Gasteiger partial charge in [0.1, 0.15) is 0 Å². The minimum absolute atomic E-state index is 0.229. The van der Waals surface area contributed by atoms with E-state index in [-0.39, 0.29) is 12.4 Å². The lowest BCUT2D eigenvalue weighted by molar-refractivity contribution is 0.0946. The third-order valence-corrected chi connectivity index (χ3v) is 4.33. The van der Waals surface area contributed by atoms with Crippen LogP contribution in [0.25, 0.3) is 0 Å². The van der Waals surface area contributed by atoms with Gasteiger partial charge in [-0.25, -0.2) is 0 Å². The van der Waals surface area contributed by atoms with Crippen LogP contribution in [0.2, 0.25) is 0 Å². The zero-order chi connectivity index (χ0) is 12.3. The first-order valence-corrected chi connectivity index (χ1v) is 6.93. The molecule has 0 spiro atoms. The van der Waals surface area contributed by atoms with E-state index in [1.165, 1.54) is 4.88 Å². The Morgan fingerprint density at radius 2 is 2.41 bits per heavy atom. The van der Waals surface area contributed by atoms with Gasteiger partial charge in [-0.2, -0.15) is 0 Å². The van der Waals surface area contributed by atoms with E-state index in [2.05, 4.69) is 4.90 Å². The molecule has 1 atom stereocenters. The Balaban J connectivity index is 1.84. The SMILES string of the molecule is Cc1ccc(C(=O)CN2CCC(CCO)C2)s1. The van der Waals surface area contributed by atoms with Crippen LogP contribution in [0.3, 0.4) is 0 Å². The Morgan fingerprint density at radius 1 is 1.59 bits per heavy atom. The molecule has 4 heteroatoms. The summed E-state index contributed by atoms with van der Waals surface area (Å²) in [5.41, 5.74) is 0. The zero-order valence-corrected chi connectivity index (χ0v) is 11.0. The lowest BCUT2D eigenvalue weighted by Crippen LogP contribution is -2.27. The maximum absolute atomic E-state index is 12.0. The van der Waals surface area contributed by atoms with Crippen LogP contribution in [-0.4, -0.2) is 42.0 Å². The summed E-state index contributed by atoms with van der Waals surface area (Å²) in [7, 11) is 0. The summed E-state index contributed by atoms with van der Waals surface area (Å²) < 4.78 is 0. The molecule has 1 aromatic rings. The first-order chi connectivity index (χ1) is 8.19. The number of hydrogen-bond donors (Lipinski definition) is 1. The largest absolute Gasteiger partial charge is 0.396 e. The van der Waals surface area contributed by atoms with E-state index in [0.29, 0.717) is 12.5 Å². The number of carbonyl (C=O) groups is 1. The molecule has 3 nitrogen and oxygen atoms in total. The minimum Gasteiger partial charge on any atom is -0.396 e. The normalized spacial score (nSPS) is 20.9. The van der Waals surface area contributed by atoms with Gasteiger partial charge in [-0.1, -0.05) is 0 Å². The maximum Gasteiger partial charge on any atom is 0.186 e. The van der Waals surface area contributed by atoms with Gasteiger partial charge in [-0.3, -0.25) is 9.69 Å². The van der Waals surface area contributed by atoms with Crippen molar-refractivity contribution in [3.8, 4) is 0 Å². The topological polar surface area (TPSA) is 40.5 Å². The highest BCUT2D eigenvalue weighted by Gasteiger charge is 2.24. The van der Waals surface area contributed by atoms with Gasteiger partial charge >= 0.3 is 0 Å². The molecule has 2 rings (SSSR count). The Hall–Kier alpha value is -0.710. The lowest BCUT2D eigenvalue weighted by Gasteiger charge is -2.14. The molecule has 94 valence electrons. The van der Waals surface area contributed by atoms with E-state index in [4.69, 9.17) is 5.11 Å². The summed E-state index contributed by atoms with van der Waals surface area (Å²) >= 11 is 1.57. The molecule has 0 saturated carbocycles. The van der Waals surface area contributed by atoms with E-state index in [9.17, 15) is 4.79 Å². The number of aliphatic hydroxyl groups is 1. The highest BCUT2D eigenvalue weighted by Crippen LogP contribution is 2.21. The van der Waals surface area contributed by atoms with Crippen LogP contribution in [0.4, 0.5) is 0 Å². The number of thiophene rings is 1. The fourth-order valence-electron chi connectivity index (χ4n) is 2.34. The summed E-state index contributed by atoms with van der Waals surface area (Å²) in [5.74, 6) is 0.797. The summed E-state index contributed by atoms with van der Waals surface area (Å²) in [6.45, 7) is 4.75. The molecule has 0 bridgehead atoms.